The first-order chi connectivity index (χ1) is 10.1. The van der Waals surface area contributed by atoms with Crippen LogP contribution in [-0.4, -0.2) is 41.3 Å². The molecule has 1 aliphatic rings. The number of nitrogens with one attached hydrogen (secondary N) is 1. The van der Waals surface area contributed by atoms with Crippen LogP contribution in [0, 0.1) is 5.92 Å². The summed E-state index contributed by atoms with van der Waals surface area (Å²) in [5, 5.41) is 2.84. The van der Waals surface area contributed by atoms with Crippen molar-refractivity contribution in [3.8, 4) is 0 Å². The van der Waals surface area contributed by atoms with E-state index in [1.165, 1.54) is 6.20 Å². The highest BCUT2D eigenvalue weighted by Crippen LogP contribution is 2.13. The number of carbonyl (C=O) groups excluding carboxylic acids is 2. The van der Waals surface area contributed by atoms with Gasteiger partial charge in [0.05, 0.1) is 0 Å². The van der Waals surface area contributed by atoms with Crippen LogP contribution in [0.3, 0.4) is 0 Å². The van der Waals surface area contributed by atoms with Gasteiger partial charge in [-0.2, -0.15) is 0 Å². The van der Waals surface area contributed by atoms with Crippen LogP contribution in [0.5, 0.6) is 0 Å². The van der Waals surface area contributed by atoms with Crippen molar-refractivity contribution >= 4 is 11.8 Å². The Bertz CT molecular complexity index is 508. The normalized spacial score (nSPS) is 14.5. The second-order valence-corrected chi connectivity index (χ2v) is 5.87. The topological polar surface area (TPSA) is 62.3 Å². The van der Waals surface area contributed by atoms with Crippen molar-refractivity contribution in [3.63, 3.8) is 0 Å². The SMILES string of the molecule is CC(C)CCNC(=O)c1cc(C(=O)N2CCCC2)ccn1. The minimum Gasteiger partial charge on any atom is -0.351 e. The summed E-state index contributed by atoms with van der Waals surface area (Å²) in [5.41, 5.74) is 0.852. The van der Waals surface area contributed by atoms with E-state index in [4.69, 9.17) is 0 Å². The quantitative estimate of drug-likeness (QED) is 0.903. The maximum atomic E-state index is 12.3. The van der Waals surface area contributed by atoms with E-state index >= 15 is 0 Å². The molecular weight excluding hydrogens is 266 g/mol. The largest absolute Gasteiger partial charge is 0.351 e. The van der Waals surface area contributed by atoms with Crippen molar-refractivity contribution in [3.05, 3.63) is 29.6 Å². The second-order valence-electron chi connectivity index (χ2n) is 5.87. The van der Waals surface area contributed by atoms with E-state index in [9.17, 15) is 9.59 Å². The molecule has 114 valence electrons. The van der Waals surface area contributed by atoms with Gasteiger partial charge in [0, 0.05) is 31.4 Å². The molecule has 2 heterocycles. The summed E-state index contributed by atoms with van der Waals surface area (Å²) in [6.45, 7) is 6.45. The zero-order valence-electron chi connectivity index (χ0n) is 12.8. The summed E-state index contributed by atoms with van der Waals surface area (Å²) in [6, 6.07) is 3.26. The number of carbonyl (C=O) groups is 2. The lowest BCUT2D eigenvalue weighted by Crippen LogP contribution is -2.29. The first kappa shape index (κ1) is 15.5. The van der Waals surface area contributed by atoms with Gasteiger partial charge >= 0.3 is 0 Å². The number of likely N-dealkylation sites (tertiary alicyclic amines) is 1. The van der Waals surface area contributed by atoms with E-state index in [0.717, 1.165) is 32.4 Å². The molecule has 1 fully saturated rings. The van der Waals surface area contributed by atoms with E-state index in [1.807, 2.05) is 4.90 Å². The molecular formula is C16H23N3O2. The van der Waals surface area contributed by atoms with Crippen molar-refractivity contribution < 1.29 is 9.59 Å². The highest BCUT2D eigenvalue weighted by atomic mass is 16.2. The maximum absolute atomic E-state index is 12.3. The molecule has 1 aromatic heterocycles. The number of rotatable bonds is 5. The molecule has 1 N–H and O–H groups in total. The van der Waals surface area contributed by atoms with Gasteiger partial charge in [-0.25, -0.2) is 0 Å². The number of amides is 2. The molecule has 0 radical (unpaired) electrons. The monoisotopic (exact) mass is 289 g/mol. The van der Waals surface area contributed by atoms with E-state index < -0.39 is 0 Å². The fourth-order valence-electron chi connectivity index (χ4n) is 2.36. The number of nitrogens with zero attached hydrogens (tertiary/aromatic N) is 2. The van der Waals surface area contributed by atoms with Gasteiger partial charge in [-0.15, -0.1) is 0 Å². The molecule has 0 bridgehead atoms. The Morgan fingerprint density at radius 2 is 2.05 bits per heavy atom. The molecule has 5 nitrogen and oxygen atoms in total. The van der Waals surface area contributed by atoms with Crippen LogP contribution in [0.2, 0.25) is 0 Å². The molecule has 1 saturated heterocycles. The van der Waals surface area contributed by atoms with E-state index in [0.29, 0.717) is 23.7 Å². The van der Waals surface area contributed by atoms with E-state index in [1.54, 1.807) is 12.1 Å². The summed E-state index contributed by atoms with van der Waals surface area (Å²) in [7, 11) is 0. The lowest BCUT2D eigenvalue weighted by atomic mass is 10.1. The van der Waals surface area contributed by atoms with Crippen LogP contribution in [0.1, 0.15) is 54.0 Å². The standard InChI is InChI=1S/C16H23N3O2/c1-12(2)5-7-18-15(20)14-11-13(6-8-17-14)16(21)19-9-3-4-10-19/h6,8,11-12H,3-5,7,9-10H2,1-2H3,(H,18,20). The first-order valence-electron chi connectivity index (χ1n) is 7.61. The Morgan fingerprint density at radius 3 is 2.71 bits per heavy atom. The molecule has 0 unspecified atom stereocenters. The van der Waals surface area contributed by atoms with Gasteiger partial charge in [0.1, 0.15) is 5.69 Å². The Hall–Kier alpha value is -1.91. The molecule has 0 aliphatic carbocycles. The number of hydrogen-bond donors (Lipinski definition) is 1. The molecule has 21 heavy (non-hydrogen) atoms. The van der Waals surface area contributed by atoms with E-state index in [2.05, 4.69) is 24.1 Å². The van der Waals surface area contributed by atoms with Gasteiger partial charge in [-0.3, -0.25) is 14.6 Å². The number of pyridine rings is 1. The predicted molar refractivity (Wildman–Crippen MR) is 81.2 cm³/mol. The summed E-state index contributed by atoms with van der Waals surface area (Å²) in [4.78, 5) is 30.2. The highest BCUT2D eigenvalue weighted by Gasteiger charge is 2.20. The van der Waals surface area contributed by atoms with Crippen LogP contribution in [0.25, 0.3) is 0 Å². The van der Waals surface area contributed by atoms with Gasteiger partial charge in [-0.1, -0.05) is 13.8 Å². The first-order valence-corrected chi connectivity index (χ1v) is 7.61. The fraction of sp³-hybridized carbons (Fsp3) is 0.562. The smallest absolute Gasteiger partial charge is 0.269 e. The third-order valence-corrected chi connectivity index (χ3v) is 3.64. The van der Waals surface area contributed by atoms with Gasteiger partial charge in [0.15, 0.2) is 0 Å². The molecule has 2 rings (SSSR count). The summed E-state index contributed by atoms with van der Waals surface area (Å²) in [5.74, 6) is 0.319. The highest BCUT2D eigenvalue weighted by molar-refractivity contribution is 5.98. The van der Waals surface area contributed by atoms with Crippen molar-refractivity contribution in [2.45, 2.75) is 33.1 Å². The van der Waals surface area contributed by atoms with E-state index in [-0.39, 0.29) is 11.8 Å². The average molecular weight is 289 g/mol. The molecule has 0 spiro atoms. The van der Waals surface area contributed by atoms with Crippen molar-refractivity contribution in [1.82, 2.24) is 15.2 Å². The molecule has 5 heteroatoms. The molecule has 1 aromatic rings. The van der Waals surface area contributed by atoms with Crippen LogP contribution < -0.4 is 5.32 Å². The fourth-order valence-corrected chi connectivity index (χ4v) is 2.36. The maximum Gasteiger partial charge on any atom is 0.269 e. The Kier molecular flexibility index (Phi) is 5.31. The van der Waals surface area contributed by atoms with Crippen molar-refractivity contribution in [1.29, 1.82) is 0 Å². The minimum absolute atomic E-state index is 0.00821. The lowest BCUT2D eigenvalue weighted by molar-refractivity contribution is 0.0792. The Labute approximate surface area is 125 Å². The second kappa shape index (κ2) is 7.20. The van der Waals surface area contributed by atoms with Crippen LogP contribution >= 0.6 is 0 Å². The average Bonchev–Trinajstić information content (AvgIpc) is 3.00. The molecule has 0 aromatic carbocycles. The summed E-state index contributed by atoms with van der Waals surface area (Å²) < 4.78 is 0. The zero-order chi connectivity index (χ0) is 15.2. The van der Waals surface area contributed by atoms with Gasteiger partial charge in [0.2, 0.25) is 0 Å². The van der Waals surface area contributed by atoms with Crippen molar-refractivity contribution in [2.24, 2.45) is 5.92 Å². The zero-order valence-corrected chi connectivity index (χ0v) is 12.8. The third kappa shape index (κ3) is 4.28. The minimum atomic E-state index is -0.216. The Balaban J connectivity index is 1.99. The molecule has 2 amide bonds. The molecule has 1 aliphatic heterocycles. The van der Waals surface area contributed by atoms with Crippen LogP contribution in [0.15, 0.2) is 18.3 Å². The van der Waals surface area contributed by atoms with Crippen LogP contribution in [0.4, 0.5) is 0 Å². The number of aromatic nitrogens is 1. The summed E-state index contributed by atoms with van der Waals surface area (Å²) >= 11 is 0. The van der Waals surface area contributed by atoms with Gasteiger partial charge in [0.25, 0.3) is 11.8 Å². The summed E-state index contributed by atoms with van der Waals surface area (Å²) in [6.07, 6.45) is 4.57. The van der Waals surface area contributed by atoms with Gasteiger partial charge < -0.3 is 10.2 Å². The molecule has 0 atom stereocenters. The van der Waals surface area contributed by atoms with Gasteiger partial charge in [-0.05, 0) is 37.3 Å². The Morgan fingerprint density at radius 1 is 1.33 bits per heavy atom. The third-order valence-electron chi connectivity index (χ3n) is 3.64. The molecule has 0 saturated carbocycles. The number of hydrogen-bond acceptors (Lipinski definition) is 3. The van der Waals surface area contributed by atoms with Crippen molar-refractivity contribution in [2.75, 3.05) is 19.6 Å². The van der Waals surface area contributed by atoms with Crippen LogP contribution in [-0.2, 0) is 0 Å². The lowest BCUT2D eigenvalue weighted by Gasteiger charge is -2.15. The predicted octanol–water partition coefficient (Wildman–Crippen LogP) is 2.09.